The Morgan fingerprint density at radius 3 is 2.57 bits per heavy atom. The summed E-state index contributed by atoms with van der Waals surface area (Å²) in [7, 11) is 1.41. The lowest BCUT2D eigenvalue weighted by molar-refractivity contribution is -0.131. The molecule has 196 valence electrons. The van der Waals surface area contributed by atoms with Crippen molar-refractivity contribution in [1.82, 2.24) is 24.1 Å². The van der Waals surface area contributed by atoms with Crippen LogP contribution in [0.4, 0.5) is 23.5 Å². The number of imidazole rings is 1. The molecule has 2 fully saturated rings. The van der Waals surface area contributed by atoms with Gasteiger partial charge in [0, 0.05) is 11.5 Å². The lowest BCUT2D eigenvalue weighted by Gasteiger charge is -2.46. The fourth-order valence-electron chi connectivity index (χ4n) is 5.55. The fourth-order valence-corrected chi connectivity index (χ4v) is 5.55. The predicted octanol–water partition coefficient (Wildman–Crippen LogP) is 4.98. The van der Waals surface area contributed by atoms with Gasteiger partial charge in [-0.2, -0.15) is 4.98 Å². The topological polar surface area (TPSA) is 78.5 Å². The van der Waals surface area contributed by atoms with E-state index in [0.717, 1.165) is 45.0 Å². The van der Waals surface area contributed by atoms with Crippen molar-refractivity contribution in [3.63, 3.8) is 0 Å². The number of alkyl halides is 2. The maximum Gasteiger partial charge on any atom is 0.256 e. The molecule has 37 heavy (non-hydrogen) atoms. The summed E-state index contributed by atoms with van der Waals surface area (Å²) in [5.41, 5.74) is 0.758. The van der Waals surface area contributed by atoms with E-state index in [1.165, 1.54) is 35.4 Å². The first-order valence-corrected chi connectivity index (χ1v) is 12.2. The van der Waals surface area contributed by atoms with Crippen LogP contribution in [0.25, 0.3) is 27.7 Å². The minimum atomic E-state index is -2.66. The molecule has 0 radical (unpaired) electrons. The molecule has 1 saturated carbocycles. The van der Waals surface area contributed by atoms with Gasteiger partial charge in [0.25, 0.3) is 6.43 Å². The largest absolute Gasteiger partial charge is 0.479 e. The Labute approximate surface area is 209 Å². The number of fused-ring (bicyclic) bond motifs is 2. The van der Waals surface area contributed by atoms with Crippen molar-refractivity contribution in [2.75, 3.05) is 25.6 Å². The number of anilines is 1. The van der Waals surface area contributed by atoms with Gasteiger partial charge >= 0.3 is 0 Å². The Morgan fingerprint density at radius 2 is 1.92 bits per heavy atom. The van der Waals surface area contributed by atoms with Crippen LogP contribution in [0.15, 0.2) is 18.3 Å². The summed E-state index contributed by atoms with van der Waals surface area (Å²) in [5, 5.41) is 7.78. The van der Waals surface area contributed by atoms with E-state index in [1.807, 2.05) is 0 Å². The van der Waals surface area contributed by atoms with E-state index in [1.54, 1.807) is 0 Å². The molecule has 1 aliphatic carbocycles. The first kappa shape index (κ1) is 24.0. The number of nitrogens with zero attached hydrogens (tertiary/aromatic N) is 5. The molecule has 0 atom stereocenters. The molecule has 2 aliphatic rings. The van der Waals surface area contributed by atoms with Crippen molar-refractivity contribution in [3.8, 4) is 17.0 Å². The molecule has 4 aromatic rings. The molecule has 8 nitrogen and oxygen atoms in total. The second-order valence-corrected chi connectivity index (χ2v) is 9.99. The third-order valence-corrected chi connectivity index (χ3v) is 7.55. The molecule has 1 N–H and O–H groups in total. The number of hydrogen-bond donors (Lipinski definition) is 1. The van der Waals surface area contributed by atoms with Crippen LogP contribution >= 0.6 is 0 Å². The van der Waals surface area contributed by atoms with E-state index in [0.29, 0.717) is 11.4 Å². The molecule has 1 aromatic carbocycles. The molecule has 1 spiro atoms. The average molecular weight is 519 g/mol. The highest BCUT2D eigenvalue weighted by molar-refractivity contribution is 5.90. The number of halogens is 4. The van der Waals surface area contributed by atoms with Crippen LogP contribution in [0.1, 0.15) is 31.5 Å². The Balaban J connectivity index is 1.38. The van der Waals surface area contributed by atoms with Crippen LogP contribution in [-0.4, -0.2) is 56.9 Å². The van der Waals surface area contributed by atoms with Gasteiger partial charge in [0.2, 0.25) is 11.8 Å². The zero-order chi connectivity index (χ0) is 25.9. The SMILES string of the molecule is COc1nc(NC2CCC3(CC2)COC3)nn2cc(F)c(-c3cc(F)c4nc(C)n(CC(F)F)c4c3)c12. The molecule has 12 heteroatoms. The molecule has 1 saturated heterocycles. The number of nitrogens with one attached hydrogen (secondary N) is 1. The van der Waals surface area contributed by atoms with E-state index in [2.05, 4.69) is 20.4 Å². The van der Waals surface area contributed by atoms with E-state index in [-0.39, 0.29) is 45.4 Å². The Bertz CT molecular complexity index is 1490. The van der Waals surface area contributed by atoms with E-state index in [4.69, 9.17) is 9.47 Å². The molecule has 3 aromatic heterocycles. The number of ether oxygens (including phenoxy) is 2. The zero-order valence-corrected chi connectivity index (χ0v) is 20.4. The van der Waals surface area contributed by atoms with Gasteiger partial charge in [0.15, 0.2) is 11.6 Å². The maximum atomic E-state index is 15.3. The molecule has 4 heterocycles. The first-order chi connectivity index (χ1) is 17.8. The quantitative estimate of drug-likeness (QED) is 0.363. The smallest absolute Gasteiger partial charge is 0.256 e. The molecule has 6 rings (SSSR count). The minimum Gasteiger partial charge on any atom is -0.479 e. The average Bonchev–Trinajstić information content (AvgIpc) is 3.34. The molecule has 1 aliphatic heterocycles. The van der Waals surface area contributed by atoms with Crippen molar-refractivity contribution < 1.29 is 27.0 Å². The third-order valence-electron chi connectivity index (χ3n) is 7.55. The van der Waals surface area contributed by atoms with Crippen LogP contribution in [0.2, 0.25) is 0 Å². The Morgan fingerprint density at radius 1 is 1.16 bits per heavy atom. The van der Waals surface area contributed by atoms with Crippen molar-refractivity contribution in [2.45, 2.75) is 51.6 Å². The van der Waals surface area contributed by atoms with Gasteiger partial charge in [0.1, 0.15) is 16.9 Å². The highest BCUT2D eigenvalue weighted by Crippen LogP contribution is 2.43. The van der Waals surface area contributed by atoms with Gasteiger partial charge in [0.05, 0.1) is 44.1 Å². The second-order valence-electron chi connectivity index (χ2n) is 9.99. The van der Waals surface area contributed by atoms with Crippen LogP contribution < -0.4 is 10.1 Å². The summed E-state index contributed by atoms with van der Waals surface area (Å²) in [5.74, 6) is -0.779. The number of benzene rings is 1. The van der Waals surface area contributed by atoms with Gasteiger partial charge < -0.3 is 19.4 Å². The summed E-state index contributed by atoms with van der Waals surface area (Å²) in [6, 6.07) is 2.75. The number of aromatic nitrogens is 5. The van der Waals surface area contributed by atoms with Crippen molar-refractivity contribution in [1.29, 1.82) is 0 Å². The monoisotopic (exact) mass is 518 g/mol. The van der Waals surface area contributed by atoms with Gasteiger partial charge in [-0.05, 0) is 50.3 Å². The maximum absolute atomic E-state index is 15.3. The van der Waals surface area contributed by atoms with Crippen LogP contribution in [-0.2, 0) is 11.3 Å². The van der Waals surface area contributed by atoms with Crippen LogP contribution in [0.5, 0.6) is 5.88 Å². The van der Waals surface area contributed by atoms with Crippen molar-refractivity contribution in [2.24, 2.45) is 5.41 Å². The van der Waals surface area contributed by atoms with Gasteiger partial charge in [-0.1, -0.05) is 0 Å². The van der Waals surface area contributed by atoms with Gasteiger partial charge in [-0.15, -0.1) is 5.10 Å². The second kappa shape index (κ2) is 8.86. The summed E-state index contributed by atoms with van der Waals surface area (Å²) in [4.78, 5) is 8.54. The molecular formula is C25H26F4N6O2. The summed E-state index contributed by atoms with van der Waals surface area (Å²) in [6.07, 6.45) is 2.52. The highest BCUT2D eigenvalue weighted by atomic mass is 19.3. The Hall–Kier alpha value is -3.41. The van der Waals surface area contributed by atoms with Crippen LogP contribution in [0.3, 0.4) is 0 Å². The highest BCUT2D eigenvalue weighted by Gasteiger charge is 2.41. The minimum absolute atomic E-state index is 0.0104. The fraction of sp³-hybridized carbons (Fsp3) is 0.480. The molecule has 0 amide bonds. The summed E-state index contributed by atoms with van der Waals surface area (Å²) in [6.45, 7) is 2.50. The summed E-state index contributed by atoms with van der Waals surface area (Å²) >= 11 is 0. The normalized spacial score (nSPS) is 17.7. The van der Waals surface area contributed by atoms with Gasteiger partial charge in [-0.3, -0.25) is 0 Å². The van der Waals surface area contributed by atoms with Gasteiger partial charge in [-0.25, -0.2) is 27.1 Å². The van der Waals surface area contributed by atoms with Crippen molar-refractivity contribution in [3.05, 3.63) is 35.8 Å². The predicted molar refractivity (Wildman–Crippen MR) is 128 cm³/mol. The molecular weight excluding hydrogens is 492 g/mol. The number of aryl methyl sites for hydroxylation is 1. The number of methoxy groups -OCH3 is 1. The lowest BCUT2D eigenvalue weighted by atomic mass is 9.71. The zero-order valence-electron chi connectivity index (χ0n) is 20.4. The first-order valence-electron chi connectivity index (χ1n) is 12.2. The lowest BCUT2D eigenvalue weighted by Crippen LogP contribution is -2.47. The third kappa shape index (κ3) is 4.07. The number of rotatable bonds is 6. The number of hydrogen-bond acceptors (Lipinski definition) is 6. The van der Waals surface area contributed by atoms with Crippen LogP contribution in [0, 0.1) is 24.0 Å². The summed E-state index contributed by atoms with van der Waals surface area (Å²) < 4.78 is 70.1. The van der Waals surface area contributed by atoms with E-state index < -0.39 is 24.6 Å². The molecule has 0 unspecified atom stereocenters. The molecule has 0 bridgehead atoms. The Kier molecular flexibility index (Phi) is 5.74. The van der Waals surface area contributed by atoms with E-state index >= 15 is 8.78 Å². The standard InChI is InChI=1S/C25H26F4N6O2/c1-13-30-21-16(26)7-14(8-18(21)34(13)10-19(28)29)20-17(27)9-35-22(20)23(36-2)32-24(33-35)31-15-3-5-25(6-4-15)11-37-12-25/h7-9,15,19H,3-6,10-12H2,1-2H3,(H,31,33). The van der Waals surface area contributed by atoms with Crippen molar-refractivity contribution >= 4 is 22.5 Å². The van der Waals surface area contributed by atoms with E-state index in [9.17, 15) is 8.78 Å².